The maximum atomic E-state index is 12.6. The highest BCUT2D eigenvalue weighted by molar-refractivity contribution is 5.70. The van der Waals surface area contributed by atoms with E-state index in [9.17, 15) is 9.59 Å². The summed E-state index contributed by atoms with van der Waals surface area (Å²) in [5.41, 5.74) is 0. The van der Waals surface area contributed by atoms with Gasteiger partial charge >= 0.3 is 11.9 Å². The Hall–Kier alpha value is -1.10. The van der Waals surface area contributed by atoms with Gasteiger partial charge in [0, 0.05) is 12.8 Å². The van der Waals surface area contributed by atoms with Crippen LogP contribution in [0.1, 0.15) is 175 Å². The molecular formula is C34H68NO4+. The standard InChI is InChI=1S/C34H68NO4/c1-7-9-11-13-15-17-19-21-23-25-27-29-32(36)38-31(3)34(35(4,5)6)39-33(37)30-28-26-24-22-20-18-16-14-12-10-8-2/h31,34H,7-30H2,1-6H3/q+1. The van der Waals surface area contributed by atoms with E-state index in [4.69, 9.17) is 9.47 Å². The Morgan fingerprint density at radius 3 is 1.08 bits per heavy atom. The highest BCUT2D eigenvalue weighted by Gasteiger charge is 2.36. The number of ether oxygens (including phenoxy) is 2. The van der Waals surface area contributed by atoms with Gasteiger partial charge in [0.15, 0.2) is 6.10 Å². The Labute approximate surface area is 243 Å². The number of likely N-dealkylation sites (N-methyl/N-ethyl adjacent to an activating group) is 1. The van der Waals surface area contributed by atoms with E-state index in [1.807, 2.05) is 28.1 Å². The number of nitrogens with zero attached hydrogens (tertiary/aromatic N) is 1. The Morgan fingerprint density at radius 1 is 0.487 bits per heavy atom. The fourth-order valence-electron chi connectivity index (χ4n) is 5.27. The lowest BCUT2D eigenvalue weighted by Gasteiger charge is -2.36. The van der Waals surface area contributed by atoms with E-state index in [0.29, 0.717) is 17.3 Å². The van der Waals surface area contributed by atoms with Crippen LogP contribution < -0.4 is 0 Å². The predicted molar refractivity (Wildman–Crippen MR) is 166 cm³/mol. The Kier molecular flexibility index (Phi) is 25.1. The van der Waals surface area contributed by atoms with Gasteiger partial charge < -0.3 is 9.47 Å². The summed E-state index contributed by atoms with van der Waals surface area (Å²) in [4.78, 5) is 25.0. The third-order valence-electron chi connectivity index (χ3n) is 7.70. The lowest BCUT2D eigenvalue weighted by atomic mass is 10.1. The molecule has 0 fully saturated rings. The second-order valence-corrected chi connectivity index (χ2v) is 12.8. The Balaban J connectivity index is 4.01. The normalized spacial score (nSPS) is 13.3. The Bertz CT molecular complexity index is 572. The van der Waals surface area contributed by atoms with Gasteiger partial charge in [0.1, 0.15) is 0 Å². The summed E-state index contributed by atoms with van der Waals surface area (Å²) < 4.78 is 12.0. The molecule has 0 aromatic rings. The van der Waals surface area contributed by atoms with Crippen LogP contribution >= 0.6 is 0 Å². The van der Waals surface area contributed by atoms with Crippen LogP contribution in [-0.4, -0.2) is 49.9 Å². The van der Waals surface area contributed by atoms with Crippen molar-refractivity contribution in [2.24, 2.45) is 0 Å². The van der Waals surface area contributed by atoms with Crippen LogP contribution in [0, 0.1) is 0 Å². The molecule has 5 nitrogen and oxygen atoms in total. The highest BCUT2D eigenvalue weighted by atomic mass is 16.6. The van der Waals surface area contributed by atoms with E-state index < -0.39 is 12.3 Å². The van der Waals surface area contributed by atoms with Crippen molar-refractivity contribution in [3.63, 3.8) is 0 Å². The molecule has 0 aliphatic carbocycles. The molecule has 0 saturated carbocycles. The van der Waals surface area contributed by atoms with E-state index in [2.05, 4.69) is 13.8 Å². The summed E-state index contributed by atoms with van der Waals surface area (Å²) in [6.07, 6.45) is 27.6. The molecule has 0 amide bonds. The minimum atomic E-state index is -0.494. The lowest BCUT2D eigenvalue weighted by Crippen LogP contribution is -2.54. The monoisotopic (exact) mass is 555 g/mol. The second kappa shape index (κ2) is 25.8. The number of esters is 2. The smallest absolute Gasteiger partial charge is 0.310 e. The topological polar surface area (TPSA) is 52.6 Å². The maximum Gasteiger partial charge on any atom is 0.310 e. The molecule has 0 spiro atoms. The van der Waals surface area contributed by atoms with Crippen molar-refractivity contribution in [3.05, 3.63) is 0 Å². The molecule has 0 aromatic carbocycles. The first-order chi connectivity index (χ1) is 18.7. The van der Waals surface area contributed by atoms with Gasteiger partial charge in [-0.15, -0.1) is 0 Å². The molecule has 2 atom stereocenters. The molecule has 0 N–H and O–H groups in total. The van der Waals surface area contributed by atoms with Crippen molar-refractivity contribution in [3.8, 4) is 0 Å². The van der Waals surface area contributed by atoms with Gasteiger partial charge in [0.05, 0.1) is 21.1 Å². The summed E-state index contributed by atoms with van der Waals surface area (Å²) in [6.45, 7) is 6.37. The molecule has 232 valence electrons. The molecule has 0 rings (SSSR count). The zero-order chi connectivity index (χ0) is 29.2. The zero-order valence-electron chi connectivity index (χ0n) is 27.2. The van der Waals surface area contributed by atoms with Crippen LogP contribution in [0.25, 0.3) is 0 Å². The van der Waals surface area contributed by atoms with Crippen LogP contribution in [-0.2, 0) is 19.1 Å². The third kappa shape index (κ3) is 24.4. The van der Waals surface area contributed by atoms with Crippen molar-refractivity contribution < 1.29 is 23.5 Å². The number of quaternary nitrogens is 1. The molecule has 2 unspecified atom stereocenters. The first kappa shape index (κ1) is 37.9. The number of hydrogen-bond donors (Lipinski definition) is 0. The van der Waals surface area contributed by atoms with Crippen LogP contribution in [0.15, 0.2) is 0 Å². The van der Waals surface area contributed by atoms with Gasteiger partial charge in [-0.3, -0.25) is 14.1 Å². The summed E-state index contributed by atoms with van der Waals surface area (Å²) in [5, 5.41) is 0. The lowest BCUT2D eigenvalue weighted by molar-refractivity contribution is -0.920. The summed E-state index contributed by atoms with van der Waals surface area (Å²) >= 11 is 0. The van der Waals surface area contributed by atoms with Gasteiger partial charge in [-0.2, -0.15) is 0 Å². The van der Waals surface area contributed by atoms with Crippen molar-refractivity contribution in [1.29, 1.82) is 0 Å². The fraction of sp³-hybridized carbons (Fsp3) is 0.941. The molecule has 5 heteroatoms. The van der Waals surface area contributed by atoms with Crippen molar-refractivity contribution in [1.82, 2.24) is 0 Å². The minimum Gasteiger partial charge on any atom is -0.452 e. The zero-order valence-corrected chi connectivity index (χ0v) is 27.2. The van der Waals surface area contributed by atoms with Crippen LogP contribution in [0.3, 0.4) is 0 Å². The van der Waals surface area contributed by atoms with Crippen LogP contribution in [0.5, 0.6) is 0 Å². The van der Waals surface area contributed by atoms with Crippen molar-refractivity contribution in [2.75, 3.05) is 21.1 Å². The van der Waals surface area contributed by atoms with Crippen molar-refractivity contribution in [2.45, 2.75) is 187 Å². The highest BCUT2D eigenvalue weighted by Crippen LogP contribution is 2.18. The first-order valence-electron chi connectivity index (χ1n) is 16.9. The second-order valence-electron chi connectivity index (χ2n) is 12.8. The first-order valence-corrected chi connectivity index (χ1v) is 16.9. The van der Waals surface area contributed by atoms with E-state index in [0.717, 1.165) is 25.7 Å². The fourth-order valence-corrected chi connectivity index (χ4v) is 5.27. The van der Waals surface area contributed by atoms with Gasteiger partial charge in [0.2, 0.25) is 0 Å². The number of hydrogen-bond acceptors (Lipinski definition) is 4. The van der Waals surface area contributed by atoms with Crippen LogP contribution in [0.2, 0.25) is 0 Å². The summed E-state index contributed by atoms with van der Waals surface area (Å²) in [7, 11) is 5.94. The minimum absolute atomic E-state index is 0.182. The molecule has 0 aliphatic heterocycles. The number of unbranched alkanes of at least 4 members (excludes halogenated alkanes) is 20. The van der Waals surface area contributed by atoms with E-state index in [1.165, 1.54) is 116 Å². The predicted octanol–water partition coefficient (Wildman–Crippen LogP) is 9.90. The molecule has 0 radical (unpaired) electrons. The van der Waals surface area contributed by atoms with Gasteiger partial charge in [-0.05, 0) is 19.8 Å². The molecule has 0 saturated heterocycles. The van der Waals surface area contributed by atoms with E-state index >= 15 is 0 Å². The molecule has 0 aromatic heterocycles. The number of carbonyl (C=O) groups excluding carboxylic acids is 2. The largest absolute Gasteiger partial charge is 0.452 e. The van der Waals surface area contributed by atoms with Gasteiger partial charge in [-0.1, -0.05) is 142 Å². The molecule has 39 heavy (non-hydrogen) atoms. The van der Waals surface area contributed by atoms with E-state index in [-0.39, 0.29) is 11.9 Å². The quantitative estimate of drug-likeness (QED) is 0.0418. The maximum absolute atomic E-state index is 12.6. The van der Waals surface area contributed by atoms with Gasteiger partial charge in [-0.25, -0.2) is 0 Å². The van der Waals surface area contributed by atoms with Gasteiger partial charge in [0.25, 0.3) is 6.23 Å². The average Bonchev–Trinajstić information content (AvgIpc) is 2.88. The average molecular weight is 555 g/mol. The number of carbonyl (C=O) groups is 2. The molecular weight excluding hydrogens is 486 g/mol. The van der Waals surface area contributed by atoms with Crippen LogP contribution in [0.4, 0.5) is 0 Å². The molecule has 0 heterocycles. The number of rotatable bonds is 28. The molecule has 0 aliphatic rings. The molecule has 0 bridgehead atoms. The third-order valence-corrected chi connectivity index (χ3v) is 7.70. The van der Waals surface area contributed by atoms with Crippen molar-refractivity contribution >= 4 is 11.9 Å². The Morgan fingerprint density at radius 2 is 0.769 bits per heavy atom. The van der Waals surface area contributed by atoms with E-state index in [1.54, 1.807) is 0 Å². The summed E-state index contributed by atoms with van der Waals surface area (Å²) in [5.74, 6) is -0.365. The summed E-state index contributed by atoms with van der Waals surface area (Å²) in [6, 6.07) is 0. The SMILES string of the molecule is CCCCCCCCCCCCCC(=O)OC(C)C(OC(=O)CCCCCCCCCCCCC)[N+](C)(C)C.